The summed E-state index contributed by atoms with van der Waals surface area (Å²) in [5.41, 5.74) is 1.34. The van der Waals surface area contributed by atoms with E-state index in [0.29, 0.717) is 17.2 Å². The number of rotatable bonds is 5. The number of halogens is 1. The van der Waals surface area contributed by atoms with Crippen LogP contribution in [0.5, 0.6) is 0 Å². The maximum absolute atomic E-state index is 13.4. The van der Waals surface area contributed by atoms with E-state index in [-0.39, 0.29) is 11.9 Å². The second kappa shape index (κ2) is 7.46. The summed E-state index contributed by atoms with van der Waals surface area (Å²) in [6, 6.07) is 6.36. The lowest BCUT2D eigenvalue weighted by atomic mass is 10.1. The molecule has 1 unspecified atom stereocenters. The van der Waals surface area contributed by atoms with Gasteiger partial charge in [0.1, 0.15) is 5.82 Å². The van der Waals surface area contributed by atoms with Crippen molar-refractivity contribution in [1.82, 2.24) is 15.2 Å². The maximum Gasteiger partial charge on any atom is 0.245 e. The molecule has 1 aromatic heterocycles. The molecule has 0 bridgehead atoms. The molecule has 1 aliphatic heterocycles. The zero-order valence-corrected chi connectivity index (χ0v) is 13.3. The van der Waals surface area contributed by atoms with E-state index in [4.69, 9.17) is 4.74 Å². The van der Waals surface area contributed by atoms with E-state index in [1.54, 1.807) is 12.3 Å². The standard InChI is InChI=1S/C17H21FN4O/c1-2-9-23-15-7-4-8-22(12-15)17-20-16(11-19-21-17)13-5-3-6-14(18)10-13/h3,5-6,10-11,15H,2,4,7-9,12H2,1H3. The van der Waals surface area contributed by atoms with Crippen molar-refractivity contribution in [3.63, 3.8) is 0 Å². The number of ether oxygens (including phenoxy) is 1. The third-order valence-electron chi connectivity index (χ3n) is 3.89. The molecule has 0 radical (unpaired) electrons. The molecule has 1 fully saturated rings. The highest BCUT2D eigenvalue weighted by Gasteiger charge is 2.22. The Morgan fingerprint density at radius 3 is 3.13 bits per heavy atom. The quantitative estimate of drug-likeness (QED) is 0.848. The fourth-order valence-electron chi connectivity index (χ4n) is 2.76. The van der Waals surface area contributed by atoms with Gasteiger partial charge in [-0.15, -0.1) is 5.10 Å². The van der Waals surface area contributed by atoms with Gasteiger partial charge < -0.3 is 9.64 Å². The summed E-state index contributed by atoms with van der Waals surface area (Å²) in [6.45, 7) is 4.55. The van der Waals surface area contributed by atoms with Gasteiger partial charge in [-0.3, -0.25) is 0 Å². The summed E-state index contributed by atoms with van der Waals surface area (Å²) in [5, 5.41) is 8.18. The van der Waals surface area contributed by atoms with E-state index in [2.05, 4.69) is 27.0 Å². The molecule has 0 spiro atoms. The first-order chi connectivity index (χ1) is 11.3. The summed E-state index contributed by atoms with van der Waals surface area (Å²) in [6.07, 6.45) is 4.90. The van der Waals surface area contributed by atoms with E-state index in [1.165, 1.54) is 12.1 Å². The summed E-state index contributed by atoms with van der Waals surface area (Å²) in [5.74, 6) is 0.297. The fraction of sp³-hybridized carbons (Fsp3) is 0.471. The van der Waals surface area contributed by atoms with Gasteiger partial charge in [0.2, 0.25) is 5.95 Å². The number of anilines is 1. The van der Waals surface area contributed by atoms with Crippen LogP contribution in [0.1, 0.15) is 26.2 Å². The largest absolute Gasteiger partial charge is 0.376 e. The van der Waals surface area contributed by atoms with Crippen molar-refractivity contribution in [2.45, 2.75) is 32.3 Å². The average molecular weight is 316 g/mol. The van der Waals surface area contributed by atoms with Gasteiger partial charge in [0.25, 0.3) is 0 Å². The van der Waals surface area contributed by atoms with Crippen LogP contribution in [0.25, 0.3) is 11.3 Å². The molecule has 0 saturated carbocycles. The van der Waals surface area contributed by atoms with Gasteiger partial charge in [-0.1, -0.05) is 19.1 Å². The molecule has 23 heavy (non-hydrogen) atoms. The van der Waals surface area contributed by atoms with Crippen LogP contribution in [0, 0.1) is 5.82 Å². The molecule has 0 N–H and O–H groups in total. The highest BCUT2D eigenvalue weighted by Crippen LogP contribution is 2.21. The second-order valence-electron chi connectivity index (χ2n) is 5.73. The fourth-order valence-corrected chi connectivity index (χ4v) is 2.76. The lowest BCUT2D eigenvalue weighted by Crippen LogP contribution is -2.40. The van der Waals surface area contributed by atoms with Crippen LogP contribution in [0.3, 0.4) is 0 Å². The van der Waals surface area contributed by atoms with Gasteiger partial charge in [0.05, 0.1) is 18.0 Å². The smallest absolute Gasteiger partial charge is 0.245 e. The summed E-state index contributed by atoms with van der Waals surface area (Å²) in [4.78, 5) is 6.65. The summed E-state index contributed by atoms with van der Waals surface area (Å²) in [7, 11) is 0. The molecule has 6 heteroatoms. The van der Waals surface area contributed by atoms with Crippen LogP contribution in [-0.2, 0) is 4.74 Å². The van der Waals surface area contributed by atoms with Gasteiger partial charge in [-0.25, -0.2) is 9.37 Å². The Labute approximate surface area is 135 Å². The first-order valence-electron chi connectivity index (χ1n) is 8.08. The zero-order chi connectivity index (χ0) is 16.1. The van der Waals surface area contributed by atoms with Crippen LogP contribution < -0.4 is 4.90 Å². The van der Waals surface area contributed by atoms with Gasteiger partial charge in [-0.2, -0.15) is 5.10 Å². The van der Waals surface area contributed by atoms with Crippen molar-refractivity contribution in [2.75, 3.05) is 24.6 Å². The number of nitrogens with zero attached hydrogens (tertiary/aromatic N) is 4. The number of aromatic nitrogens is 3. The Hall–Kier alpha value is -2.08. The van der Waals surface area contributed by atoms with Crippen molar-refractivity contribution >= 4 is 5.95 Å². The summed E-state index contributed by atoms with van der Waals surface area (Å²) >= 11 is 0. The van der Waals surface area contributed by atoms with Crippen LogP contribution >= 0.6 is 0 Å². The van der Waals surface area contributed by atoms with E-state index >= 15 is 0 Å². The lowest BCUT2D eigenvalue weighted by Gasteiger charge is -2.32. The van der Waals surface area contributed by atoms with Crippen molar-refractivity contribution < 1.29 is 9.13 Å². The highest BCUT2D eigenvalue weighted by atomic mass is 19.1. The van der Waals surface area contributed by atoms with E-state index < -0.39 is 0 Å². The number of hydrogen-bond donors (Lipinski definition) is 0. The average Bonchev–Trinajstić information content (AvgIpc) is 2.60. The highest BCUT2D eigenvalue weighted by molar-refractivity contribution is 5.59. The monoisotopic (exact) mass is 316 g/mol. The number of hydrogen-bond acceptors (Lipinski definition) is 5. The van der Waals surface area contributed by atoms with Crippen LogP contribution in [0.15, 0.2) is 30.5 Å². The molecule has 0 amide bonds. The second-order valence-corrected chi connectivity index (χ2v) is 5.73. The Morgan fingerprint density at radius 1 is 1.39 bits per heavy atom. The van der Waals surface area contributed by atoms with Crippen molar-refractivity contribution in [1.29, 1.82) is 0 Å². The molecule has 122 valence electrons. The molecule has 5 nitrogen and oxygen atoms in total. The van der Waals surface area contributed by atoms with E-state index in [1.807, 2.05) is 6.07 Å². The molecule has 2 heterocycles. The Balaban J connectivity index is 1.76. The van der Waals surface area contributed by atoms with Crippen LogP contribution in [-0.4, -0.2) is 41.0 Å². The molecular weight excluding hydrogens is 295 g/mol. The molecule has 2 aromatic rings. The Morgan fingerprint density at radius 2 is 2.30 bits per heavy atom. The SMILES string of the molecule is CCCOC1CCCN(c2nncc(-c3cccc(F)c3)n2)C1. The van der Waals surface area contributed by atoms with Crippen molar-refractivity contribution in [3.05, 3.63) is 36.3 Å². The van der Waals surface area contributed by atoms with Gasteiger partial charge in [0, 0.05) is 25.3 Å². The predicted octanol–water partition coefficient (Wildman–Crippen LogP) is 3.07. The molecule has 0 aliphatic carbocycles. The minimum atomic E-state index is -0.284. The number of benzene rings is 1. The van der Waals surface area contributed by atoms with E-state index in [9.17, 15) is 4.39 Å². The third kappa shape index (κ3) is 4.01. The summed E-state index contributed by atoms with van der Waals surface area (Å²) < 4.78 is 19.2. The molecule has 1 saturated heterocycles. The Kier molecular flexibility index (Phi) is 5.12. The van der Waals surface area contributed by atoms with Crippen molar-refractivity contribution in [2.24, 2.45) is 0 Å². The maximum atomic E-state index is 13.4. The van der Waals surface area contributed by atoms with E-state index in [0.717, 1.165) is 39.0 Å². The molecule has 3 rings (SSSR count). The number of piperidine rings is 1. The van der Waals surface area contributed by atoms with Crippen LogP contribution in [0.4, 0.5) is 10.3 Å². The van der Waals surface area contributed by atoms with Gasteiger partial charge in [0.15, 0.2) is 0 Å². The molecule has 1 aromatic carbocycles. The topological polar surface area (TPSA) is 51.1 Å². The molecule has 1 atom stereocenters. The van der Waals surface area contributed by atoms with Gasteiger partial charge in [-0.05, 0) is 31.4 Å². The Bertz CT molecular complexity index is 652. The molecule has 1 aliphatic rings. The lowest BCUT2D eigenvalue weighted by molar-refractivity contribution is 0.0437. The minimum absolute atomic E-state index is 0.213. The molecular formula is C17H21FN4O. The minimum Gasteiger partial charge on any atom is -0.376 e. The predicted molar refractivity (Wildman–Crippen MR) is 86.7 cm³/mol. The first kappa shape index (κ1) is 15.8. The third-order valence-corrected chi connectivity index (χ3v) is 3.89. The van der Waals surface area contributed by atoms with Gasteiger partial charge >= 0.3 is 0 Å². The normalized spacial score (nSPS) is 18.2. The van der Waals surface area contributed by atoms with Crippen LogP contribution in [0.2, 0.25) is 0 Å². The zero-order valence-electron chi connectivity index (χ0n) is 13.3. The first-order valence-corrected chi connectivity index (χ1v) is 8.08. The van der Waals surface area contributed by atoms with Crippen molar-refractivity contribution in [3.8, 4) is 11.3 Å².